The number of rotatable bonds is 18. The molecule has 0 aliphatic carbocycles. The van der Waals surface area contributed by atoms with Crippen LogP contribution in [0.4, 0.5) is 0 Å². The van der Waals surface area contributed by atoms with Crippen LogP contribution >= 0.6 is 15.6 Å². The molecule has 18 nitrogen and oxygen atoms in total. The second kappa shape index (κ2) is 15.3. The minimum Gasteiger partial charge on any atom is -0.756 e. The molecule has 0 bridgehead atoms. The molecule has 2 rings (SSSR count). The monoisotopic (exact) mass is 577 g/mol. The van der Waals surface area contributed by atoms with Gasteiger partial charge in [-0.05, 0) is 0 Å². The average molecular weight is 577 g/mol. The minimum absolute atomic E-state index is 0.106. The fourth-order valence-corrected chi connectivity index (χ4v) is 4.88. The second-order valence-corrected chi connectivity index (χ2v) is 10.3. The Hall–Kier alpha value is -1.34. The molecule has 0 radical (unpaired) electrons. The molecule has 37 heavy (non-hydrogen) atoms. The summed E-state index contributed by atoms with van der Waals surface area (Å²) in [5.41, 5.74) is 3.57. The summed E-state index contributed by atoms with van der Waals surface area (Å²) in [6.45, 7) is 0.0236. The van der Waals surface area contributed by atoms with Crippen LogP contribution in [0.1, 0.15) is 6.23 Å². The molecular weight excluding hydrogens is 548 g/mol. The molecule has 0 saturated carbocycles. The van der Waals surface area contributed by atoms with Gasteiger partial charge in [0.25, 0.3) is 21.2 Å². The van der Waals surface area contributed by atoms with E-state index in [1.807, 2.05) is 4.98 Å². The van der Waals surface area contributed by atoms with Crippen molar-refractivity contribution in [3.05, 3.63) is 33.1 Å². The third kappa shape index (κ3) is 11.1. The summed E-state index contributed by atoms with van der Waals surface area (Å²) in [6, 6.07) is 0.958. The van der Waals surface area contributed by atoms with Gasteiger partial charge in [-0.3, -0.25) is 23.5 Å². The standard InChI is InChI=1S/C17H31N3O15P2/c18-2-4-29-5-6-30-7-8-31-9-10-32-36(25,26)35-37(27,28)33-11-12-14(22)15(23)16(34-12)20-3-1-13(21)19-17(20)24/h1,3,12,14-16,22-23H,2,4-11,18H2,(H,25,26)(H,27,28)(H,19,21,24)/p-2. The van der Waals surface area contributed by atoms with Gasteiger partial charge in [0.1, 0.15) is 18.3 Å². The average Bonchev–Trinajstić information content (AvgIpc) is 3.09. The fraction of sp³-hybridized carbons (Fsp3) is 0.765. The molecule has 6 atom stereocenters. The molecule has 6 unspecified atom stereocenters. The number of phosphoric ester groups is 2. The molecule has 0 aromatic carbocycles. The molecule has 214 valence electrons. The van der Waals surface area contributed by atoms with Crippen LogP contribution in [0.2, 0.25) is 0 Å². The number of phosphoric acid groups is 2. The smallest absolute Gasteiger partial charge is 0.330 e. The van der Waals surface area contributed by atoms with Crippen molar-refractivity contribution in [3.8, 4) is 0 Å². The van der Waals surface area contributed by atoms with E-state index in [1.165, 1.54) is 0 Å². The Labute approximate surface area is 210 Å². The number of nitrogens with zero attached hydrogens (tertiary/aromatic N) is 1. The second-order valence-electron chi connectivity index (χ2n) is 7.29. The van der Waals surface area contributed by atoms with E-state index in [-0.39, 0.29) is 19.8 Å². The number of hydrogen-bond acceptors (Lipinski definition) is 16. The molecule has 1 aromatic heterocycles. The quantitative estimate of drug-likeness (QED) is 0.0960. The number of ether oxygens (including phenoxy) is 4. The van der Waals surface area contributed by atoms with Crippen LogP contribution in [0.15, 0.2) is 21.9 Å². The highest BCUT2D eigenvalue weighted by Gasteiger charge is 2.44. The molecule has 1 aromatic rings. The third-order valence-electron chi connectivity index (χ3n) is 4.54. The lowest BCUT2D eigenvalue weighted by molar-refractivity contribution is -0.245. The Morgan fingerprint density at radius 1 is 0.946 bits per heavy atom. The largest absolute Gasteiger partial charge is 0.756 e. The Balaban J connectivity index is 1.71. The van der Waals surface area contributed by atoms with E-state index >= 15 is 0 Å². The third-order valence-corrected chi connectivity index (χ3v) is 7.11. The summed E-state index contributed by atoms with van der Waals surface area (Å²) in [4.78, 5) is 48.6. The van der Waals surface area contributed by atoms with Gasteiger partial charge in [-0.15, -0.1) is 0 Å². The fourth-order valence-electron chi connectivity index (χ4n) is 2.89. The highest BCUT2D eigenvalue weighted by atomic mass is 31.3. The van der Waals surface area contributed by atoms with E-state index in [0.29, 0.717) is 26.4 Å². The van der Waals surface area contributed by atoms with E-state index in [0.717, 1.165) is 16.8 Å². The van der Waals surface area contributed by atoms with Crippen LogP contribution in [0.25, 0.3) is 0 Å². The van der Waals surface area contributed by atoms with Crippen molar-refractivity contribution < 1.29 is 61.4 Å². The molecule has 1 aliphatic rings. The number of aliphatic hydroxyl groups is 2. The Bertz CT molecular complexity index is 1040. The first-order chi connectivity index (χ1) is 17.5. The summed E-state index contributed by atoms with van der Waals surface area (Å²) in [5, 5.41) is 20.2. The van der Waals surface area contributed by atoms with Gasteiger partial charge in [-0.2, -0.15) is 0 Å². The Morgan fingerprint density at radius 3 is 2.11 bits per heavy atom. The summed E-state index contributed by atoms with van der Waals surface area (Å²) < 4.78 is 57.8. The van der Waals surface area contributed by atoms with Gasteiger partial charge in [-0.1, -0.05) is 0 Å². The predicted molar refractivity (Wildman–Crippen MR) is 117 cm³/mol. The van der Waals surface area contributed by atoms with Crippen LogP contribution in [0.5, 0.6) is 0 Å². The van der Waals surface area contributed by atoms with Gasteiger partial charge in [0, 0.05) is 18.8 Å². The Morgan fingerprint density at radius 2 is 1.51 bits per heavy atom. The summed E-state index contributed by atoms with van der Waals surface area (Å²) in [6.07, 6.45) is -5.47. The lowest BCUT2D eigenvalue weighted by Gasteiger charge is -2.31. The zero-order valence-electron chi connectivity index (χ0n) is 19.4. The van der Waals surface area contributed by atoms with Crippen molar-refractivity contribution in [3.63, 3.8) is 0 Å². The lowest BCUT2D eigenvalue weighted by Crippen LogP contribution is -2.37. The Kier molecular flexibility index (Phi) is 13.2. The number of nitrogens with one attached hydrogen (secondary N) is 1. The highest BCUT2D eigenvalue weighted by molar-refractivity contribution is 7.59. The van der Waals surface area contributed by atoms with E-state index in [2.05, 4.69) is 13.4 Å². The van der Waals surface area contributed by atoms with Gasteiger partial charge in [0.2, 0.25) is 0 Å². The first kappa shape index (κ1) is 31.9. The maximum atomic E-state index is 11.9. The van der Waals surface area contributed by atoms with E-state index in [9.17, 15) is 38.7 Å². The van der Waals surface area contributed by atoms with Crippen molar-refractivity contribution in [2.24, 2.45) is 5.73 Å². The van der Waals surface area contributed by atoms with Gasteiger partial charge < -0.3 is 53.7 Å². The number of aromatic nitrogens is 2. The number of aliphatic hydroxyl groups excluding tert-OH is 2. The van der Waals surface area contributed by atoms with Crippen LogP contribution in [0, 0.1) is 0 Å². The van der Waals surface area contributed by atoms with Crippen molar-refractivity contribution in [1.82, 2.24) is 9.55 Å². The van der Waals surface area contributed by atoms with Gasteiger partial charge in [0.15, 0.2) is 6.23 Å². The molecular formula is C17H29N3O15P2-2. The van der Waals surface area contributed by atoms with Gasteiger partial charge in [0.05, 0.1) is 52.9 Å². The summed E-state index contributed by atoms with van der Waals surface area (Å²) >= 11 is 0. The predicted octanol–water partition coefficient (Wildman–Crippen LogP) is -3.85. The molecule has 5 N–H and O–H groups in total. The first-order valence-corrected chi connectivity index (χ1v) is 13.8. The molecule has 1 fully saturated rings. The molecule has 0 spiro atoms. The normalized spacial score (nSPS) is 25.1. The zero-order valence-corrected chi connectivity index (χ0v) is 21.2. The number of aromatic amines is 1. The first-order valence-electron chi connectivity index (χ1n) is 10.8. The van der Waals surface area contributed by atoms with Crippen molar-refractivity contribution in [1.29, 1.82) is 0 Å². The maximum absolute atomic E-state index is 11.9. The molecule has 2 heterocycles. The zero-order chi connectivity index (χ0) is 27.5. The minimum atomic E-state index is -5.52. The topological polar surface area (TPSA) is 266 Å². The molecule has 0 amide bonds. The van der Waals surface area contributed by atoms with E-state index in [4.69, 9.17) is 24.7 Å². The SMILES string of the molecule is NCCOCCOCCOCCOP(=O)([O-])OP(=O)([O-])OCC1OC(n2ccc(=O)[nH]c2=O)C(O)C1O. The van der Waals surface area contributed by atoms with E-state index < -0.39 is 64.6 Å². The van der Waals surface area contributed by atoms with Crippen molar-refractivity contribution >= 4 is 15.6 Å². The van der Waals surface area contributed by atoms with Crippen LogP contribution < -0.4 is 26.8 Å². The summed E-state index contributed by atoms with van der Waals surface area (Å²) in [5.74, 6) is 0. The molecule has 1 saturated heterocycles. The van der Waals surface area contributed by atoms with Crippen LogP contribution in [-0.4, -0.2) is 97.5 Å². The van der Waals surface area contributed by atoms with Crippen LogP contribution in [0.3, 0.4) is 0 Å². The molecule has 1 aliphatic heterocycles. The lowest BCUT2D eigenvalue weighted by atomic mass is 10.1. The number of H-pyrrole nitrogens is 1. The van der Waals surface area contributed by atoms with Crippen LogP contribution in [-0.2, 0) is 41.4 Å². The van der Waals surface area contributed by atoms with E-state index in [1.54, 1.807) is 0 Å². The summed E-state index contributed by atoms with van der Waals surface area (Å²) in [7, 11) is -10.9. The number of hydrogen-bond donors (Lipinski definition) is 4. The van der Waals surface area contributed by atoms with Gasteiger partial charge >= 0.3 is 5.69 Å². The van der Waals surface area contributed by atoms with Crippen molar-refractivity contribution in [2.45, 2.75) is 24.5 Å². The maximum Gasteiger partial charge on any atom is 0.330 e. The highest BCUT2D eigenvalue weighted by Crippen LogP contribution is 2.55. The van der Waals surface area contributed by atoms with Crippen molar-refractivity contribution in [2.75, 3.05) is 59.4 Å². The van der Waals surface area contributed by atoms with Gasteiger partial charge in [-0.25, -0.2) is 9.11 Å². The number of nitrogens with two attached hydrogens (primary N) is 1. The molecule has 20 heteroatoms.